The summed E-state index contributed by atoms with van der Waals surface area (Å²) in [5.41, 5.74) is 0. The molecule has 0 aromatic carbocycles. The first-order valence-electron chi connectivity index (χ1n) is 57.1. The van der Waals surface area contributed by atoms with E-state index in [-0.39, 0.29) is 26.4 Å². The fourth-order valence-electron chi connectivity index (χ4n) is 21.6. The molecule has 0 aromatic heterocycles. The molecule has 5 fully saturated rings. The molecule has 41 atom stereocenters. The third-order valence-corrected chi connectivity index (χ3v) is 33.8. The normalized spacial score (nSPS) is 41.7. The number of ether oxygens (including phenoxy) is 10. The molecular formula is C110H213O31PS. The highest BCUT2D eigenvalue weighted by Gasteiger charge is 2.55. The number of rotatable bonds is 17. The molecule has 0 spiro atoms. The number of phosphoric ester groups is 1. The Labute approximate surface area is 866 Å². The molecule has 143 heavy (non-hydrogen) atoms. The molecule has 0 bridgehead atoms. The Balaban J connectivity index is 1.09. The minimum Gasteiger partial charge on any atom is -0.394 e. The molecule has 5 aliphatic rings. The summed E-state index contributed by atoms with van der Waals surface area (Å²) in [7, 11) is -4.99. The van der Waals surface area contributed by atoms with E-state index in [1.807, 2.05) is 0 Å². The average Bonchev–Trinajstić information content (AvgIpc) is 0.785. The van der Waals surface area contributed by atoms with Crippen LogP contribution in [0.5, 0.6) is 0 Å². The molecule has 33 heteroatoms. The van der Waals surface area contributed by atoms with E-state index in [0.29, 0.717) is 73.8 Å². The first kappa shape index (κ1) is 133. The SMILES string of the molecule is CC1CCCC(C)CCCC(C)CCC(C)CCCC(C)CCCC(C)CCCC(C)CCOC(COP(=O)(O)OC2[C@@H](O)[C@@H](O)C(O)[C@H](O)[C@H]2O)COCCC(C)CCCC(C)CCCC(C)CCCC(C)CCC(C)CCCC(C)CCCC(C)CCCC(C)CCOC(CO[C@H]2O[C@H](CO)[C@H](O[C@@H]3O[C@H](CO)[C@H](O[C@@H]4O[C@H](COS(=O)O)[C@H](O)[C@@H](O)[C@H]4O)[C@@H](O)[C@H]3O)[C@H](O)[C@H]2O)COCCC(C)CCC1. The Morgan fingerprint density at radius 1 is 0.273 bits per heavy atom. The lowest BCUT2D eigenvalue weighted by atomic mass is 9.85. The van der Waals surface area contributed by atoms with Crippen molar-refractivity contribution < 1.29 is 150 Å². The second-order valence-electron chi connectivity index (χ2n) is 47.1. The molecule has 1 aliphatic carbocycles. The van der Waals surface area contributed by atoms with E-state index in [0.717, 1.165) is 124 Å². The summed E-state index contributed by atoms with van der Waals surface area (Å²) >= 11 is -2.78. The standard InChI is InChI=1S/C110H213O31PS/c1-72-29-17-33-76(5)41-25-49-84(13)57-61-129-67-88(69-133-108-103(123)100(120)105(90(65-111)136-108)140-110-104(124)101(121)106(91(66-112)137-110)139-109-102(122)94(114)93(113)92(138-109)71-135-143(127)128)131-63-59-86(15)51-27-43-78(7)35-19-31-74(3)39-23-47-82(11)55-53-81(10)46-22-38-73(2)30-18-34-77(6)42-26-50-85(14)58-62-130-68-89(70-134-142(125,126)141-107-98(118)96(116)95(115)97(117)99(107)119)132-64-60-87(16)52-28-44-79(8)36-20-32-75(4)40-24-48-83(12)56-54-80(9)45-21-37-72/h72-124H,17-71H2,1-16H3,(H,125,126)(H,127,128)/t72?,73?,74?,75?,76?,77?,78?,79?,80?,81?,82?,83?,84?,85?,86?,87?,88?,89?,90-,91-,92-,93+,94-,95?,96+,97+,98-,99+,100-,101+,102-,103-,104-,105+,106+,107?,108+,109+,110+/m1/s1. The van der Waals surface area contributed by atoms with Gasteiger partial charge in [0.25, 0.3) is 0 Å². The van der Waals surface area contributed by atoms with Crippen LogP contribution in [0.2, 0.25) is 0 Å². The highest BCUT2D eigenvalue weighted by atomic mass is 32.2. The predicted molar refractivity (Wildman–Crippen MR) is 556 cm³/mol. The van der Waals surface area contributed by atoms with Gasteiger partial charge in [0.1, 0.15) is 122 Å². The Hall–Kier alpha value is -0.780. The Kier molecular flexibility index (Phi) is 69.0. The van der Waals surface area contributed by atoms with Gasteiger partial charge in [-0.3, -0.25) is 17.8 Å². The maximum Gasteiger partial charge on any atom is 0.472 e. The van der Waals surface area contributed by atoms with E-state index < -0.39 is 180 Å². The van der Waals surface area contributed by atoms with Crippen LogP contribution in [0.15, 0.2) is 0 Å². The zero-order valence-electron chi connectivity index (χ0n) is 91.5. The lowest BCUT2D eigenvalue weighted by Gasteiger charge is -2.48. The van der Waals surface area contributed by atoms with Crippen molar-refractivity contribution in [3.8, 4) is 0 Å². The van der Waals surface area contributed by atoms with Crippen molar-refractivity contribution in [2.75, 3.05) is 72.7 Å². The van der Waals surface area contributed by atoms with Gasteiger partial charge in [0.2, 0.25) is 0 Å². The summed E-state index contributed by atoms with van der Waals surface area (Å²) in [5, 5.41) is 150. The maximum atomic E-state index is 13.3. The summed E-state index contributed by atoms with van der Waals surface area (Å²) in [6.07, 6.45) is 13.8. The fraction of sp³-hybridized carbons (Fsp3) is 1.00. The highest BCUT2D eigenvalue weighted by molar-refractivity contribution is 7.74. The first-order chi connectivity index (χ1) is 68.0. The van der Waals surface area contributed by atoms with Gasteiger partial charge in [0.15, 0.2) is 18.9 Å². The van der Waals surface area contributed by atoms with Gasteiger partial charge in [-0.1, -0.05) is 368 Å². The molecule has 0 aromatic rings. The molecule has 0 amide bonds. The Bertz CT molecular complexity index is 3170. The third kappa shape index (κ3) is 54.4. The summed E-state index contributed by atoms with van der Waals surface area (Å²) in [6, 6.07) is 0. The largest absolute Gasteiger partial charge is 0.472 e. The lowest BCUT2D eigenvalue weighted by molar-refractivity contribution is -0.379. The zero-order valence-corrected chi connectivity index (χ0v) is 93.3. The van der Waals surface area contributed by atoms with Crippen LogP contribution in [0.4, 0.5) is 0 Å². The summed E-state index contributed by atoms with van der Waals surface area (Å²) in [6.45, 7) is 37.4. The van der Waals surface area contributed by atoms with Crippen LogP contribution >= 0.6 is 7.82 Å². The van der Waals surface area contributed by atoms with Crippen LogP contribution in [0.1, 0.15) is 393 Å². The topological polar surface area (TPSA) is 478 Å². The number of phosphoric acid groups is 1. The van der Waals surface area contributed by atoms with Crippen LogP contribution in [0.3, 0.4) is 0 Å². The number of hydrogen-bond donors (Lipinski definition) is 16. The van der Waals surface area contributed by atoms with Gasteiger partial charge in [-0.15, -0.1) is 0 Å². The summed E-state index contributed by atoms with van der Waals surface area (Å²) in [5.74, 6) is 10.2. The lowest BCUT2D eigenvalue weighted by Crippen LogP contribution is -2.66. The van der Waals surface area contributed by atoms with Crippen LogP contribution in [0, 0.1) is 94.7 Å². The van der Waals surface area contributed by atoms with Crippen molar-refractivity contribution in [2.45, 2.75) is 534 Å². The minimum atomic E-state index is -4.99. The fourth-order valence-corrected chi connectivity index (χ4v) is 22.8. The zero-order chi connectivity index (χ0) is 106. The van der Waals surface area contributed by atoms with Gasteiger partial charge in [0.05, 0.1) is 46.2 Å². The minimum absolute atomic E-state index is 0.100. The van der Waals surface area contributed by atoms with Crippen molar-refractivity contribution in [3.05, 3.63) is 0 Å². The quantitative estimate of drug-likeness (QED) is 0.0475. The van der Waals surface area contributed by atoms with Gasteiger partial charge in [-0.2, -0.15) is 4.21 Å². The second-order valence-corrected chi connectivity index (χ2v) is 49.1. The van der Waals surface area contributed by atoms with Gasteiger partial charge < -0.3 is 124 Å². The van der Waals surface area contributed by atoms with E-state index in [4.69, 9.17) is 61.0 Å². The molecule has 16 N–H and O–H groups in total. The smallest absolute Gasteiger partial charge is 0.394 e. The number of aliphatic hydroxyl groups is 14. The van der Waals surface area contributed by atoms with Crippen LogP contribution < -0.4 is 0 Å². The molecule has 4 aliphatic heterocycles. The molecule has 22 unspecified atom stereocenters. The van der Waals surface area contributed by atoms with Crippen molar-refractivity contribution in [3.63, 3.8) is 0 Å². The number of aliphatic hydroxyl groups excluding tert-OH is 14. The first-order valence-corrected chi connectivity index (χ1v) is 59.6. The number of hydrogen-bond acceptors (Lipinski definition) is 29. The van der Waals surface area contributed by atoms with Crippen LogP contribution in [-0.2, 0) is 76.5 Å². The Morgan fingerprint density at radius 2 is 0.503 bits per heavy atom. The van der Waals surface area contributed by atoms with E-state index in [9.17, 15) is 85.2 Å². The molecule has 850 valence electrons. The van der Waals surface area contributed by atoms with Crippen LogP contribution in [0.25, 0.3) is 0 Å². The maximum absolute atomic E-state index is 13.3. The third-order valence-electron chi connectivity index (χ3n) is 32.5. The van der Waals surface area contributed by atoms with E-state index in [1.165, 1.54) is 205 Å². The van der Waals surface area contributed by atoms with Crippen LogP contribution in [-0.4, -0.2) is 299 Å². The molecule has 5 rings (SSSR count). The second kappa shape index (κ2) is 74.4. The average molecular weight is 2090 g/mol. The molecule has 1 saturated carbocycles. The molecule has 4 saturated heterocycles. The highest BCUT2D eigenvalue weighted by Crippen LogP contribution is 2.48. The molecule has 31 nitrogen and oxygen atoms in total. The monoisotopic (exact) mass is 2090 g/mol. The van der Waals surface area contributed by atoms with Gasteiger partial charge in [-0.25, -0.2) is 4.57 Å². The van der Waals surface area contributed by atoms with Crippen molar-refractivity contribution in [1.29, 1.82) is 0 Å². The van der Waals surface area contributed by atoms with E-state index in [1.54, 1.807) is 0 Å². The van der Waals surface area contributed by atoms with E-state index in [2.05, 4.69) is 115 Å². The van der Waals surface area contributed by atoms with Gasteiger partial charge in [0, 0.05) is 26.4 Å². The molecule has 0 radical (unpaired) electrons. The summed E-state index contributed by atoms with van der Waals surface area (Å²) in [4.78, 5) is 10.8. The van der Waals surface area contributed by atoms with E-state index >= 15 is 0 Å². The van der Waals surface area contributed by atoms with Gasteiger partial charge in [-0.05, 0) is 120 Å². The van der Waals surface area contributed by atoms with Crippen molar-refractivity contribution >= 4 is 19.2 Å². The summed E-state index contributed by atoms with van der Waals surface area (Å²) < 4.78 is 109. The van der Waals surface area contributed by atoms with Crippen molar-refractivity contribution in [2.24, 2.45) is 94.7 Å². The predicted octanol–water partition coefficient (Wildman–Crippen LogP) is 17.1. The van der Waals surface area contributed by atoms with Gasteiger partial charge >= 0.3 is 19.2 Å². The Morgan fingerprint density at radius 3 is 0.797 bits per heavy atom. The van der Waals surface area contributed by atoms with Crippen molar-refractivity contribution in [1.82, 2.24) is 0 Å². The molecular weight excluding hydrogens is 1880 g/mol. The molecule has 4 heterocycles.